The largest absolute Gasteiger partial charge is 0.397 e. The SMILES string of the molecule is CC(C#N)=C(N)c1cc(C)c(C)s1. The van der Waals surface area contributed by atoms with Gasteiger partial charge in [-0.05, 0) is 32.4 Å². The maximum Gasteiger partial charge on any atom is 0.0966 e. The molecular weight excluding hydrogens is 180 g/mol. The Morgan fingerprint density at radius 3 is 2.54 bits per heavy atom. The molecule has 0 aliphatic rings. The average molecular weight is 192 g/mol. The van der Waals surface area contributed by atoms with Crippen molar-refractivity contribution in [1.82, 2.24) is 0 Å². The third-order valence-electron chi connectivity index (χ3n) is 2.00. The molecule has 1 heterocycles. The van der Waals surface area contributed by atoms with Crippen LogP contribution in [0.4, 0.5) is 0 Å². The van der Waals surface area contributed by atoms with E-state index in [4.69, 9.17) is 11.0 Å². The maximum absolute atomic E-state index is 8.66. The van der Waals surface area contributed by atoms with Crippen LogP contribution in [0.1, 0.15) is 22.2 Å². The van der Waals surface area contributed by atoms with E-state index >= 15 is 0 Å². The first-order valence-corrected chi connectivity index (χ1v) is 4.81. The molecule has 0 unspecified atom stereocenters. The molecule has 0 fully saturated rings. The summed E-state index contributed by atoms with van der Waals surface area (Å²) in [6.45, 7) is 5.84. The zero-order chi connectivity index (χ0) is 10.0. The van der Waals surface area contributed by atoms with Crippen LogP contribution in [0.25, 0.3) is 5.70 Å². The summed E-state index contributed by atoms with van der Waals surface area (Å²) in [6, 6.07) is 4.08. The van der Waals surface area contributed by atoms with E-state index in [1.165, 1.54) is 10.4 Å². The lowest BCUT2D eigenvalue weighted by atomic mass is 10.2. The number of aryl methyl sites for hydroxylation is 2. The Hall–Kier alpha value is -1.27. The quantitative estimate of drug-likeness (QED) is 0.695. The Morgan fingerprint density at radius 1 is 1.54 bits per heavy atom. The van der Waals surface area contributed by atoms with Gasteiger partial charge in [0.05, 0.1) is 22.2 Å². The summed E-state index contributed by atoms with van der Waals surface area (Å²) in [5.74, 6) is 0. The van der Waals surface area contributed by atoms with Gasteiger partial charge in [0.1, 0.15) is 0 Å². The van der Waals surface area contributed by atoms with E-state index < -0.39 is 0 Å². The zero-order valence-electron chi connectivity index (χ0n) is 8.01. The Balaban J connectivity index is 3.18. The highest BCUT2D eigenvalue weighted by Crippen LogP contribution is 2.25. The molecule has 2 N–H and O–H groups in total. The van der Waals surface area contributed by atoms with Crippen LogP contribution >= 0.6 is 11.3 Å². The summed E-state index contributed by atoms with van der Waals surface area (Å²) in [4.78, 5) is 2.25. The molecule has 0 radical (unpaired) electrons. The van der Waals surface area contributed by atoms with Crippen molar-refractivity contribution in [3.63, 3.8) is 0 Å². The summed E-state index contributed by atoms with van der Waals surface area (Å²) in [5, 5.41) is 8.66. The number of allylic oxidation sites excluding steroid dienone is 1. The minimum absolute atomic E-state index is 0.584. The highest BCUT2D eigenvalue weighted by atomic mass is 32.1. The van der Waals surface area contributed by atoms with Crippen molar-refractivity contribution in [3.05, 3.63) is 27.0 Å². The molecule has 13 heavy (non-hydrogen) atoms. The van der Waals surface area contributed by atoms with Crippen LogP contribution in [-0.4, -0.2) is 0 Å². The molecule has 0 aliphatic heterocycles. The number of hydrogen-bond donors (Lipinski definition) is 1. The molecule has 0 amide bonds. The predicted molar refractivity (Wildman–Crippen MR) is 56.2 cm³/mol. The third-order valence-corrected chi connectivity index (χ3v) is 3.19. The van der Waals surface area contributed by atoms with Gasteiger partial charge in [-0.1, -0.05) is 0 Å². The maximum atomic E-state index is 8.66. The Labute approximate surface area is 82.3 Å². The monoisotopic (exact) mass is 192 g/mol. The molecule has 0 atom stereocenters. The standard InChI is InChI=1S/C10H12N2S/c1-6-4-9(13-8(6)3)10(12)7(2)5-11/h4H,12H2,1-3H3. The second-order valence-electron chi connectivity index (χ2n) is 3.00. The van der Waals surface area contributed by atoms with Gasteiger partial charge in [0.2, 0.25) is 0 Å². The van der Waals surface area contributed by atoms with Gasteiger partial charge in [-0.25, -0.2) is 0 Å². The van der Waals surface area contributed by atoms with E-state index in [1.54, 1.807) is 18.3 Å². The summed E-state index contributed by atoms with van der Waals surface area (Å²) in [7, 11) is 0. The van der Waals surface area contributed by atoms with Gasteiger partial charge < -0.3 is 5.73 Å². The van der Waals surface area contributed by atoms with Crippen molar-refractivity contribution in [2.45, 2.75) is 20.8 Å². The van der Waals surface area contributed by atoms with E-state index in [2.05, 4.69) is 13.0 Å². The van der Waals surface area contributed by atoms with Crippen LogP contribution < -0.4 is 5.73 Å². The van der Waals surface area contributed by atoms with Crippen molar-refractivity contribution in [3.8, 4) is 6.07 Å². The summed E-state index contributed by atoms with van der Waals surface area (Å²) in [5.41, 5.74) is 8.21. The highest BCUT2D eigenvalue weighted by molar-refractivity contribution is 7.13. The summed E-state index contributed by atoms with van der Waals surface area (Å²) in [6.07, 6.45) is 0. The van der Waals surface area contributed by atoms with Crippen molar-refractivity contribution in [1.29, 1.82) is 5.26 Å². The van der Waals surface area contributed by atoms with E-state index in [1.807, 2.05) is 13.0 Å². The van der Waals surface area contributed by atoms with Crippen molar-refractivity contribution in [2.24, 2.45) is 5.73 Å². The van der Waals surface area contributed by atoms with Crippen LogP contribution in [0, 0.1) is 25.2 Å². The third kappa shape index (κ3) is 1.90. The predicted octanol–water partition coefficient (Wildman–Crippen LogP) is 2.58. The molecular formula is C10H12N2S. The molecule has 0 spiro atoms. The fraction of sp³-hybridized carbons (Fsp3) is 0.300. The second kappa shape index (κ2) is 3.63. The summed E-state index contributed by atoms with van der Waals surface area (Å²) < 4.78 is 0. The second-order valence-corrected chi connectivity index (χ2v) is 4.26. The zero-order valence-corrected chi connectivity index (χ0v) is 8.83. The van der Waals surface area contributed by atoms with Gasteiger partial charge in [0.25, 0.3) is 0 Å². The number of rotatable bonds is 1. The van der Waals surface area contributed by atoms with E-state index in [-0.39, 0.29) is 0 Å². The molecule has 2 nitrogen and oxygen atoms in total. The first-order chi connectivity index (χ1) is 6.06. The first-order valence-electron chi connectivity index (χ1n) is 4.00. The Morgan fingerprint density at radius 2 is 2.15 bits per heavy atom. The van der Waals surface area contributed by atoms with Gasteiger partial charge in [-0.2, -0.15) is 5.26 Å². The lowest BCUT2D eigenvalue weighted by Crippen LogP contribution is -1.96. The Kier molecular flexibility index (Phi) is 2.74. The first kappa shape index (κ1) is 9.82. The van der Waals surface area contributed by atoms with Crippen LogP contribution in [0.15, 0.2) is 11.6 Å². The molecule has 1 rings (SSSR count). The minimum atomic E-state index is 0.584. The summed E-state index contributed by atoms with van der Waals surface area (Å²) >= 11 is 1.63. The van der Waals surface area contributed by atoms with Crippen LogP contribution in [-0.2, 0) is 0 Å². The molecule has 1 aromatic heterocycles. The van der Waals surface area contributed by atoms with Gasteiger partial charge >= 0.3 is 0 Å². The molecule has 0 aromatic carbocycles. The van der Waals surface area contributed by atoms with Gasteiger partial charge in [0.15, 0.2) is 0 Å². The molecule has 0 saturated carbocycles. The minimum Gasteiger partial charge on any atom is -0.397 e. The topological polar surface area (TPSA) is 49.8 Å². The van der Waals surface area contributed by atoms with Gasteiger partial charge in [-0.3, -0.25) is 0 Å². The number of hydrogen-bond acceptors (Lipinski definition) is 3. The van der Waals surface area contributed by atoms with Crippen molar-refractivity contribution >= 4 is 17.0 Å². The van der Waals surface area contributed by atoms with Gasteiger partial charge in [-0.15, -0.1) is 11.3 Å². The van der Waals surface area contributed by atoms with E-state index in [0.29, 0.717) is 11.3 Å². The van der Waals surface area contributed by atoms with Gasteiger partial charge in [0, 0.05) is 4.88 Å². The molecule has 0 bridgehead atoms. The van der Waals surface area contributed by atoms with Crippen LogP contribution in [0.2, 0.25) is 0 Å². The molecule has 0 saturated heterocycles. The average Bonchev–Trinajstić information content (AvgIpc) is 2.44. The lowest BCUT2D eigenvalue weighted by molar-refractivity contribution is 1.40. The normalized spacial score (nSPS) is 12.2. The van der Waals surface area contributed by atoms with Crippen LogP contribution in [0.3, 0.4) is 0 Å². The fourth-order valence-corrected chi connectivity index (χ4v) is 2.00. The Bertz CT molecular complexity index is 374. The number of nitrogens with two attached hydrogens (primary N) is 1. The number of nitriles is 1. The molecule has 1 aromatic rings. The fourth-order valence-electron chi connectivity index (χ4n) is 0.951. The molecule has 0 aliphatic carbocycles. The molecule has 3 heteroatoms. The van der Waals surface area contributed by atoms with E-state index in [9.17, 15) is 0 Å². The van der Waals surface area contributed by atoms with Crippen LogP contribution in [0.5, 0.6) is 0 Å². The lowest BCUT2D eigenvalue weighted by Gasteiger charge is -1.96. The van der Waals surface area contributed by atoms with E-state index in [0.717, 1.165) is 4.88 Å². The smallest absolute Gasteiger partial charge is 0.0966 e. The molecule has 68 valence electrons. The number of thiophene rings is 1. The highest BCUT2D eigenvalue weighted by Gasteiger charge is 2.06. The van der Waals surface area contributed by atoms with Crippen molar-refractivity contribution in [2.75, 3.05) is 0 Å². The number of nitrogens with zero attached hydrogens (tertiary/aromatic N) is 1. The van der Waals surface area contributed by atoms with Crippen molar-refractivity contribution < 1.29 is 0 Å².